The summed E-state index contributed by atoms with van der Waals surface area (Å²) in [7, 11) is 0. The maximum Gasteiger partial charge on any atom is 0.0725 e. The van der Waals surface area contributed by atoms with Gasteiger partial charge < -0.3 is 10.2 Å². The van der Waals surface area contributed by atoms with Crippen LogP contribution in [0.2, 0.25) is 0 Å². The summed E-state index contributed by atoms with van der Waals surface area (Å²) in [6, 6.07) is 0. The topological polar surface area (TPSA) is 40.5 Å². The second-order valence-corrected chi connectivity index (χ2v) is 7.09. The van der Waals surface area contributed by atoms with Crippen molar-refractivity contribution in [2.45, 2.75) is 71.3 Å². The van der Waals surface area contributed by atoms with E-state index in [-0.39, 0.29) is 12.0 Å². The third-order valence-electron chi connectivity index (χ3n) is 5.97. The molecule has 0 radical (unpaired) electrons. The Balaban J connectivity index is 1.98. The monoisotopic (exact) mass is 240 g/mol. The van der Waals surface area contributed by atoms with Gasteiger partial charge in [0.2, 0.25) is 0 Å². The molecule has 2 heteroatoms. The van der Waals surface area contributed by atoms with Crippen molar-refractivity contribution in [3.63, 3.8) is 0 Å². The normalized spacial score (nSPS) is 36.9. The minimum atomic E-state index is -0.567. The molecule has 0 unspecified atom stereocenters. The predicted molar refractivity (Wildman–Crippen MR) is 69.7 cm³/mol. The molecule has 0 amide bonds. The molecule has 0 aliphatic heterocycles. The fraction of sp³-hybridized carbons (Fsp3) is 1.00. The van der Waals surface area contributed by atoms with Crippen molar-refractivity contribution in [2.75, 3.05) is 6.61 Å². The van der Waals surface area contributed by atoms with Gasteiger partial charge in [0.15, 0.2) is 0 Å². The summed E-state index contributed by atoms with van der Waals surface area (Å²) in [6.45, 7) is 7.13. The first-order valence-electron chi connectivity index (χ1n) is 7.22. The zero-order valence-electron chi connectivity index (χ0n) is 11.6. The highest BCUT2D eigenvalue weighted by atomic mass is 16.3. The Morgan fingerprint density at radius 2 is 1.65 bits per heavy atom. The number of rotatable bonds is 4. The Hall–Kier alpha value is -0.0800. The van der Waals surface area contributed by atoms with E-state index in [1.807, 2.05) is 0 Å². The minimum absolute atomic E-state index is 0.131. The summed E-state index contributed by atoms with van der Waals surface area (Å²) in [5.41, 5.74) is -0.298. The van der Waals surface area contributed by atoms with Crippen LogP contribution in [0.25, 0.3) is 0 Å². The Morgan fingerprint density at radius 3 is 2.00 bits per heavy atom. The first-order chi connectivity index (χ1) is 7.89. The number of aliphatic hydroxyl groups is 2. The highest BCUT2D eigenvalue weighted by molar-refractivity contribution is 5.09. The molecule has 2 aliphatic carbocycles. The van der Waals surface area contributed by atoms with Crippen LogP contribution in [-0.2, 0) is 0 Å². The van der Waals surface area contributed by atoms with E-state index in [1.165, 1.54) is 6.42 Å². The summed E-state index contributed by atoms with van der Waals surface area (Å²) in [6.07, 6.45) is 7.27. The van der Waals surface area contributed by atoms with E-state index < -0.39 is 5.60 Å². The lowest BCUT2D eigenvalue weighted by Crippen LogP contribution is -2.46. The molecule has 0 saturated heterocycles. The summed E-state index contributed by atoms with van der Waals surface area (Å²) in [5, 5.41) is 20.2. The average molecular weight is 240 g/mol. The van der Waals surface area contributed by atoms with Gasteiger partial charge in [-0.2, -0.15) is 0 Å². The van der Waals surface area contributed by atoms with Gasteiger partial charge in [-0.15, -0.1) is 0 Å². The second kappa shape index (κ2) is 4.24. The first-order valence-corrected chi connectivity index (χ1v) is 7.22. The van der Waals surface area contributed by atoms with Gasteiger partial charge in [0.1, 0.15) is 0 Å². The number of aliphatic hydroxyl groups excluding tert-OH is 1. The first kappa shape index (κ1) is 13.4. The third kappa shape index (κ3) is 2.15. The fourth-order valence-corrected chi connectivity index (χ4v) is 3.62. The van der Waals surface area contributed by atoms with Crippen LogP contribution >= 0.6 is 0 Å². The average Bonchev–Trinajstić information content (AvgIpc) is 3.11. The number of hydrogen-bond acceptors (Lipinski definition) is 2. The van der Waals surface area contributed by atoms with Crippen LogP contribution in [0.15, 0.2) is 0 Å². The van der Waals surface area contributed by atoms with Crippen LogP contribution in [0.4, 0.5) is 0 Å². The lowest BCUT2D eigenvalue weighted by Gasteiger charge is -2.45. The smallest absolute Gasteiger partial charge is 0.0725 e. The van der Waals surface area contributed by atoms with Crippen LogP contribution in [0.3, 0.4) is 0 Å². The fourth-order valence-electron chi connectivity index (χ4n) is 3.62. The van der Waals surface area contributed by atoms with E-state index >= 15 is 0 Å². The SMILES string of the molecule is CCC(C)(C)C1CCC(O)(C2(CO)CC2)CC1. The highest BCUT2D eigenvalue weighted by Crippen LogP contribution is 2.60. The molecule has 2 rings (SSSR count). The molecular weight excluding hydrogens is 212 g/mol. The second-order valence-electron chi connectivity index (χ2n) is 7.09. The molecule has 2 N–H and O–H groups in total. The lowest BCUT2D eigenvalue weighted by molar-refractivity contribution is -0.0981. The minimum Gasteiger partial charge on any atom is -0.396 e. The molecule has 0 bridgehead atoms. The largest absolute Gasteiger partial charge is 0.396 e. The third-order valence-corrected chi connectivity index (χ3v) is 5.97. The quantitative estimate of drug-likeness (QED) is 0.792. The standard InChI is InChI=1S/C15H28O2/c1-4-13(2,3)12-5-7-15(17,8-6-12)14(11-16)9-10-14/h12,16-17H,4-11H2,1-3H3. The summed E-state index contributed by atoms with van der Waals surface area (Å²) in [4.78, 5) is 0. The molecule has 100 valence electrons. The van der Waals surface area contributed by atoms with E-state index in [0.29, 0.717) is 5.41 Å². The maximum atomic E-state index is 10.8. The van der Waals surface area contributed by atoms with E-state index in [1.54, 1.807) is 0 Å². The molecule has 0 aromatic heterocycles. The van der Waals surface area contributed by atoms with E-state index in [9.17, 15) is 10.2 Å². The Morgan fingerprint density at radius 1 is 1.12 bits per heavy atom. The Kier molecular flexibility index (Phi) is 3.33. The lowest BCUT2D eigenvalue weighted by atomic mass is 9.63. The van der Waals surface area contributed by atoms with Crippen LogP contribution in [0, 0.1) is 16.7 Å². The molecule has 0 heterocycles. The number of hydrogen-bond donors (Lipinski definition) is 2. The van der Waals surface area contributed by atoms with E-state index in [2.05, 4.69) is 20.8 Å². The molecule has 2 saturated carbocycles. The van der Waals surface area contributed by atoms with Crippen molar-refractivity contribution in [1.82, 2.24) is 0 Å². The Bertz CT molecular complexity index is 271. The van der Waals surface area contributed by atoms with E-state index in [4.69, 9.17) is 0 Å². The van der Waals surface area contributed by atoms with Gasteiger partial charge in [-0.3, -0.25) is 0 Å². The van der Waals surface area contributed by atoms with Crippen molar-refractivity contribution in [2.24, 2.45) is 16.7 Å². The molecule has 17 heavy (non-hydrogen) atoms. The molecule has 0 aromatic carbocycles. The van der Waals surface area contributed by atoms with Gasteiger partial charge in [0, 0.05) is 5.41 Å². The molecule has 0 aromatic rings. The molecule has 2 nitrogen and oxygen atoms in total. The van der Waals surface area contributed by atoms with E-state index in [0.717, 1.165) is 44.4 Å². The van der Waals surface area contributed by atoms with Crippen LogP contribution in [0.5, 0.6) is 0 Å². The predicted octanol–water partition coefficient (Wildman–Crippen LogP) is 3.12. The van der Waals surface area contributed by atoms with Crippen LogP contribution in [-0.4, -0.2) is 22.4 Å². The van der Waals surface area contributed by atoms with Crippen molar-refractivity contribution >= 4 is 0 Å². The molecular formula is C15H28O2. The van der Waals surface area contributed by atoms with Crippen molar-refractivity contribution < 1.29 is 10.2 Å². The molecule has 0 atom stereocenters. The highest BCUT2D eigenvalue weighted by Gasteiger charge is 2.59. The van der Waals surface area contributed by atoms with Crippen LogP contribution in [0.1, 0.15) is 65.7 Å². The van der Waals surface area contributed by atoms with Crippen molar-refractivity contribution in [3.05, 3.63) is 0 Å². The summed E-state index contributed by atoms with van der Waals surface area (Å²) >= 11 is 0. The molecule has 2 fully saturated rings. The van der Waals surface area contributed by atoms with Gasteiger partial charge in [-0.1, -0.05) is 27.2 Å². The van der Waals surface area contributed by atoms with Crippen molar-refractivity contribution in [3.8, 4) is 0 Å². The Labute approximate surface area is 105 Å². The van der Waals surface area contributed by atoms with Gasteiger partial charge in [0.05, 0.1) is 12.2 Å². The van der Waals surface area contributed by atoms with Crippen LogP contribution < -0.4 is 0 Å². The molecule has 0 spiro atoms. The summed E-state index contributed by atoms with van der Waals surface area (Å²) < 4.78 is 0. The zero-order chi connectivity index (χ0) is 12.7. The van der Waals surface area contributed by atoms with Gasteiger partial charge in [-0.25, -0.2) is 0 Å². The zero-order valence-corrected chi connectivity index (χ0v) is 11.6. The maximum absolute atomic E-state index is 10.8. The summed E-state index contributed by atoms with van der Waals surface area (Å²) in [5.74, 6) is 0.738. The van der Waals surface area contributed by atoms with Gasteiger partial charge in [-0.05, 0) is 49.9 Å². The van der Waals surface area contributed by atoms with Gasteiger partial charge >= 0.3 is 0 Å². The van der Waals surface area contributed by atoms with Gasteiger partial charge in [0.25, 0.3) is 0 Å². The molecule has 2 aliphatic rings. The van der Waals surface area contributed by atoms with Crippen molar-refractivity contribution in [1.29, 1.82) is 0 Å².